The lowest BCUT2D eigenvalue weighted by Crippen LogP contribution is -2.32. The maximum atomic E-state index is 14.9. The molecule has 1 amide bonds. The van der Waals surface area contributed by atoms with E-state index < -0.39 is 45.1 Å². The Hall–Kier alpha value is -2.20. The van der Waals surface area contributed by atoms with E-state index in [9.17, 15) is 22.4 Å². The third-order valence-electron chi connectivity index (χ3n) is 4.66. The largest absolute Gasteiger partial charge is 0.459 e. The fraction of sp³-hybridized carbons (Fsp3) is 0.579. The number of benzene rings is 1. The second-order valence-corrected chi connectivity index (χ2v) is 10.00. The molecule has 0 spiro atoms. The zero-order valence-electron chi connectivity index (χ0n) is 16.7. The third kappa shape index (κ3) is 4.87. The lowest BCUT2D eigenvalue weighted by molar-refractivity contribution is -0.158. The Bertz CT molecular complexity index is 934. The van der Waals surface area contributed by atoms with Gasteiger partial charge in [-0.15, -0.1) is 0 Å². The van der Waals surface area contributed by atoms with Gasteiger partial charge >= 0.3 is 12.1 Å². The Morgan fingerprint density at radius 1 is 1.34 bits per heavy atom. The van der Waals surface area contributed by atoms with Crippen molar-refractivity contribution in [3.05, 3.63) is 29.6 Å². The van der Waals surface area contributed by atoms with Crippen molar-refractivity contribution in [1.29, 1.82) is 0 Å². The second-order valence-electron chi connectivity index (χ2n) is 8.35. The number of cyclic esters (lactones) is 1. The lowest BCUT2D eigenvalue weighted by atomic mass is 9.94. The van der Waals surface area contributed by atoms with E-state index in [2.05, 4.69) is 4.18 Å². The molecule has 0 unspecified atom stereocenters. The molecule has 2 aliphatic rings. The average molecular weight is 429 g/mol. The second kappa shape index (κ2) is 7.24. The zero-order chi connectivity index (χ0) is 21.6. The molecule has 1 heterocycles. The quantitative estimate of drug-likeness (QED) is 0.506. The Morgan fingerprint density at radius 3 is 2.52 bits per heavy atom. The number of amides is 1. The topological polar surface area (TPSA) is 99.2 Å². The molecule has 8 nitrogen and oxygen atoms in total. The molecule has 0 N–H and O–H groups in total. The number of halogens is 1. The van der Waals surface area contributed by atoms with Gasteiger partial charge in [0.25, 0.3) is 10.1 Å². The van der Waals surface area contributed by atoms with Crippen molar-refractivity contribution in [2.24, 2.45) is 0 Å². The van der Waals surface area contributed by atoms with Crippen molar-refractivity contribution in [3.8, 4) is 0 Å². The maximum Gasteiger partial charge on any atom is 0.414 e. The number of carbonyl (C=O) groups is 2. The number of hydrogen-bond acceptors (Lipinski definition) is 7. The summed E-state index contributed by atoms with van der Waals surface area (Å²) < 4.78 is 52.2. The Balaban J connectivity index is 1.75. The molecule has 1 aliphatic carbocycles. The first-order chi connectivity index (χ1) is 13.3. The van der Waals surface area contributed by atoms with Gasteiger partial charge in [-0.1, -0.05) is 6.07 Å². The first-order valence-electron chi connectivity index (χ1n) is 9.17. The minimum atomic E-state index is -3.67. The highest BCUT2D eigenvalue weighted by Crippen LogP contribution is 2.51. The summed E-state index contributed by atoms with van der Waals surface area (Å²) in [5.74, 6) is -1.08. The smallest absolute Gasteiger partial charge is 0.414 e. The third-order valence-corrected chi connectivity index (χ3v) is 5.23. The normalized spacial score (nSPS) is 21.1. The van der Waals surface area contributed by atoms with Crippen molar-refractivity contribution in [1.82, 2.24) is 0 Å². The van der Waals surface area contributed by atoms with Crippen LogP contribution in [0.25, 0.3) is 0 Å². The number of rotatable bonds is 6. The fourth-order valence-corrected chi connectivity index (χ4v) is 3.56. The van der Waals surface area contributed by atoms with Crippen molar-refractivity contribution in [2.75, 3.05) is 24.3 Å². The van der Waals surface area contributed by atoms with E-state index in [1.54, 1.807) is 20.8 Å². The van der Waals surface area contributed by atoms with Crippen LogP contribution in [-0.4, -0.2) is 51.6 Å². The molecule has 2 fully saturated rings. The van der Waals surface area contributed by atoms with Crippen LogP contribution in [0.2, 0.25) is 0 Å². The van der Waals surface area contributed by atoms with Gasteiger partial charge in [-0.3, -0.25) is 13.9 Å². The zero-order valence-corrected chi connectivity index (χ0v) is 17.5. The molecule has 0 bridgehead atoms. The predicted octanol–water partition coefficient (Wildman–Crippen LogP) is 2.50. The summed E-state index contributed by atoms with van der Waals surface area (Å²) in [6.45, 7) is 4.96. The van der Waals surface area contributed by atoms with Crippen LogP contribution in [0, 0.1) is 5.82 Å². The molecular weight excluding hydrogens is 405 g/mol. The monoisotopic (exact) mass is 429 g/mol. The Kier molecular flexibility index (Phi) is 5.37. The van der Waals surface area contributed by atoms with E-state index in [1.165, 1.54) is 23.1 Å². The molecule has 10 heteroatoms. The molecule has 1 atom stereocenters. The SMILES string of the molecule is CC(C)(C)OC(=O)C1(c2ccc(N3C[C@H](COS(C)(=O)=O)OC3=O)cc2F)CC1. The fourth-order valence-electron chi connectivity index (χ4n) is 3.16. The number of anilines is 1. The van der Waals surface area contributed by atoms with Crippen molar-refractivity contribution in [3.63, 3.8) is 0 Å². The summed E-state index contributed by atoms with van der Waals surface area (Å²) in [4.78, 5) is 25.8. The average Bonchev–Trinajstić information content (AvgIpc) is 3.28. The molecule has 1 saturated heterocycles. The Labute approximate surface area is 169 Å². The van der Waals surface area contributed by atoms with E-state index in [0.717, 1.165) is 6.26 Å². The van der Waals surface area contributed by atoms with Gasteiger partial charge in [0.1, 0.15) is 24.1 Å². The lowest BCUT2D eigenvalue weighted by Gasteiger charge is -2.24. The highest BCUT2D eigenvalue weighted by molar-refractivity contribution is 7.85. The van der Waals surface area contributed by atoms with Gasteiger partial charge in [0.2, 0.25) is 0 Å². The number of nitrogens with zero attached hydrogens (tertiary/aromatic N) is 1. The summed E-state index contributed by atoms with van der Waals surface area (Å²) in [6.07, 6.45) is 0.363. The standard InChI is InChI=1S/C19H24FNO7S/c1-18(2,3)28-16(22)19(7-8-19)14-6-5-12(9-15(14)20)21-10-13(27-17(21)23)11-26-29(4,24)25/h5-6,9,13H,7-8,10-11H2,1-4H3/t13-/m1/s1. The van der Waals surface area contributed by atoms with Gasteiger partial charge < -0.3 is 9.47 Å². The molecule has 29 heavy (non-hydrogen) atoms. The number of carbonyl (C=O) groups excluding carboxylic acids is 2. The minimum Gasteiger partial charge on any atom is -0.459 e. The predicted molar refractivity (Wildman–Crippen MR) is 102 cm³/mol. The maximum absolute atomic E-state index is 14.9. The summed E-state index contributed by atoms with van der Waals surface area (Å²) >= 11 is 0. The highest BCUT2D eigenvalue weighted by atomic mass is 32.2. The van der Waals surface area contributed by atoms with E-state index >= 15 is 0 Å². The van der Waals surface area contributed by atoms with Crippen LogP contribution < -0.4 is 4.90 Å². The van der Waals surface area contributed by atoms with E-state index in [4.69, 9.17) is 9.47 Å². The number of ether oxygens (including phenoxy) is 2. The van der Waals surface area contributed by atoms with Crippen molar-refractivity contribution >= 4 is 27.9 Å². The molecule has 1 aromatic carbocycles. The first-order valence-corrected chi connectivity index (χ1v) is 11.0. The molecule has 1 saturated carbocycles. The highest BCUT2D eigenvalue weighted by Gasteiger charge is 2.55. The number of esters is 1. The van der Waals surface area contributed by atoms with Crippen LogP contribution in [-0.2, 0) is 34.0 Å². The van der Waals surface area contributed by atoms with Crippen LogP contribution in [0.3, 0.4) is 0 Å². The van der Waals surface area contributed by atoms with Crippen LogP contribution in [0.15, 0.2) is 18.2 Å². The van der Waals surface area contributed by atoms with Crippen LogP contribution in [0.5, 0.6) is 0 Å². The summed E-state index contributed by atoms with van der Waals surface area (Å²) in [7, 11) is -3.67. The van der Waals surface area contributed by atoms with Crippen LogP contribution in [0.1, 0.15) is 39.2 Å². The molecule has 3 rings (SSSR count). The van der Waals surface area contributed by atoms with E-state index in [1.807, 2.05) is 0 Å². The molecule has 0 radical (unpaired) electrons. The van der Waals surface area contributed by atoms with Gasteiger partial charge in [0, 0.05) is 5.56 Å². The molecule has 160 valence electrons. The molecular formula is C19H24FNO7S. The summed E-state index contributed by atoms with van der Waals surface area (Å²) in [5.41, 5.74) is -1.18. The van der Waals surface area contributed by atoms with Gasteiger partial charge in [-0.2, -0.15) is 8.42 Å². The molecule has 0 aromatic heterocycles. The van der Waals surface area contributed by atoms with Gasteiger partial charge in [-0.05, 0) is 45.7 Å². The van der Waals surface area contributed by atoms with Crippen molar-refractivity contribution in [2.45, 2.75) is 50.7 Å². The van der Waals surface area contributed by atoms with Gasteiger partial charge in [-0.25, -0.2) is 9.18 Å². The van der Waals surface area contributed by atoms with Gasteiger partial charge in [0.15, 0.2) is 0 Å². The molecule has 1 aliphatic heterocycles. The first kappa shape index (κ1) is 21.5. The van der Waals surface area contributed by atoms with Crippen LogP contribution in [0.4, 0.5) is 14.9 Å². The van der Waals surface area contributed by atoms with Gasteiger partial charge in [0.05, 0.1) is 23.9 Å². The summed E-state index contributed by atoms with van der Waals surface area (Å²) in [5, 5.41) is 0. The van der Waals surface area contributed by atoms with E-state index in [-0.39, 0.29) is 24.4 Å². The number of hydrogen-bond donors (Lipinski definition) is 0. The van der Waals surface area contributed by atoms with Crippen LogP contribution >= 0.6 is 0 Å². The minimum absolute atomic E-state index is 0.0182. The van der Waals surface area contributed by atoms with E-state index in [0.29, 0.717) is 12.8 Å². The molecule has 1 aromatic rings. The van der Waals surface area contributed by atoms with Crippen molar-refractivity contribution < 1.29 is 36.1 Å². The summed E-state index contributed by atoms with van der Waals surface area (Å²) in [6, 6.07) is 4.18. The Morgan fingerprint density at radius 2 is 2.00 bits per heavy atom.